The molecule has 1 aromatic rings. The zero-order valence-electron chi connectivity index (χ0n) is 7.54. The van der Waals surface area contributed by atoms with Crippen molar-refractivity contribution in [1.29, 1.82) is 0 Å². The summed E-state index contributed by atoms with van der Waals surface area (Å²) >= 11 is 0. The van der Waals surface area contributed by atoms with Crippen LogP contribution in [0, 0.1) is 0 Å². The van der Waals surface area contributed by atoms with E-state index in [0.717, 1.165) is 12.4 Å². The van der Waals surface area contributed by atoms with Crippen LogP contribution in [0.25, 0.3) is 6.08 Å². The van der Waals surface area contributed by atoms with Gasteiger partial charge in [0.2, 0.25) is 0 Å². The second kappa shape index (κ2) is 4.54. The molecule has 1 aromatic heterocycles. The molecule has 0 amide bonds. The summed E-state index contributed by atoms with van der Waals surface area (Å²) in [6.45, 7) is 4.98. The van der Waals surface area contributed by atoms with Crippen molar-refractivity contribution in [1.82, 2.24) is 4.98 Å². The van der Waals surface area contributed by atoms with Gasteiger partial charge in [-0.15, -0.1) is 0 Å². The molecule has 0 radical (unpaired) electrons. The lowest BCUT2D eigenvalue weighted by Crippen LogP contribution is -1.98. The van der Waals surface area contributed by atoms with E-state index in [2.05, 4.69) is 23.3 Å². The van der Waals surface area contributed by atoms with Gasteiger partial charge in [0.25, 0.3) is 0 Å². The van der Waals surface area contributed by atoms with E-state index in [1.807, 2.05) is 31.3 Å². The van der Waals surface area contributed by atoms with Crippen LogP contribution >= 0.6 is 0 Å². The fourth-order valence-corrected chi connectivity index (χ4v) is 1.02. The van der Waals surface area contributed by atoms with Crippen LogP contribution in [0.5, 0.6) is 0 Å². The third-order valence-electron chi connectivity index (χ3n) is 1.50. The molecule has 0 aliphatic carbocycles. The van der Waals surface area contributed by atoms with Crippen LogP contribution in [0.15, 0.2) is 24.4 Å². The Kier molecular flexibility index (Phi) is 3.33. The standard InChI is InChI=1S/C10H14N2/c1-3-5-9-6-7-12-10(8-9)11-4-2/h3,5-8H,4H2,1-2H3,(H,11,12)/b5-3-. The molecule has 0 bridgehead atoms. The molecular weight excluding hydrogens is 148 g/mol. The maximum atomic E-state index is 4.17. The highest BCUT2D eigenvalue weighted by atomic mass is 15.0. The van der Waals surface area contributed by atoms with E-state index in [1.54, 1.807) is 0 Å². The van der Waals surface area contributed by atoms with Crippen LogP contribution in [-0.2, 0) is 0 Å². The molecule has 2 heteroatoms. The smallest absolute Gasteiger partial charge is 0.126 e. The summed E-state index contributed by atoms with van der Waals surface area (Å²) in [4.78, 5) is 4.17. The Morgan fingerprint density at radius 3 is 3.08 bits per heavy atom. The zero-order chi connectivity index (χ0) is 8.81. The zero-order valence-corrected chi connectivity index (χ0v) is 7.54. The normalized spacial score (nSPS) is 10.5. The van der Waals surface area contributed by atoms with Crippen molar-refractivity contribution in [3.8, 4) is 0 Å². The van der Waals surface area contributed by atoms with Crippen molar-refractivity contribution in [2.75, 3.05) is 11.9 Å². The minimum absolute atomic E-state index is 0.909. The maximum Gasteiger partial charge on any atom is 0.126 e. The molecule has 1 heterocycles. The van der Waals surface area contributed by atoms with Crippen LogP contribution in [0.4, 0.5) is 5.82 Å². The molecule has 2 nitrogen and oxygen atoms in total. The third-order valence-corrected chi connectivity index (χ3v) is 1.50. The molecule has 0 saturated carbocycles. The lowest BCUT2D eigenvalue weighted by molar-refractivity contribution is 1.16. The summed E-state index contributed by atoms with van der Waals surface area (Å²) in [5, 5.41) is 3.16. The summed E-state index contributed by atoms with van der Waals surface area (Å²) in [6.07, 6.45) is 5.89. The number of allylic oxidation sites excluding steroid dienone is 1. The second-order valence-corrected chi connectivity index (χ2v) is 2.50. The lowest BCUT2D eigenvalue weighted by Gasteiger charge is -2.01. The van der Waals surface area contributed by atoms with Gasteiger partial charge in [-0.2, -0.15) is 0 Å². The van der Waals surface area contributed by atoms with Gasteiger partial charge in [-0.1, -0.05) is 12.2 Å². The number of nitrogens with one attached hydrogen (secondary N) is 1. The van der Waals surface area contributed by atoms with Crippen molar-refractivity contribution in [3.63, 3.8) is 0 Å². The molecule has 64 valence electrons. The van der Waals surface area contributed by atoms with E-state index < -0.39 is 0 Å². The van der Waals surface area contributed by atoms with Gasteiger partial charge in [0.15, 0.2) is 0 Å². The number of nitrogens with zero attached hydrogens (tertiary/aromatic N) is 1. The Morgan fingerprint density at radius 1 is 1.58 bits per heavy atom. The number of hydrogen-bond acceptors (Lipinski definition) is 2. The van der Waals surface area contributed by atoms with E-state index in [-0.39, 0.29) is 0 Å². The van der Waals surface area contributed by atoms with E-state index in [1.165, 1.54) is 5.56 Å². The molecule has 0 unspecified atom stereocenters. The van der Waals surface area contributed by atoms with Gasteiger partial charge in [-0.05, 0) is 31.5 Å². The van der Waals surface area contributed by atoms with Gasteiger partial charge in [-0.3, -0.25) is 0 Å². The minimum atomic E-state index is 0.909. The molecule has 1 N–H and O–H groups in total. The first-order valence-corrected chi connectivity index (χ1v) is 4.19. The molecule has 0 fully saturated rings. The topological polar surface area (TPSA) is 24.9 Å². The maximum absolute atomic E-state index is 4.17. The molecule has 0 aliphatic heterocycles. The second-order valence-electron chi connectivity index (χ2n) is 2.50. The molecule has 1 rings (SSSR count). The summed E-state index contributed by atoms with van der Waals surface area (Å²) in [7, 11) is 0. The number of aromatic nitrogens is 1. The van der Waals surface area contributed by atoms with Crippen LogP contribution < -0.4 is 5.32 Å². The Balaban J connectivity index is 2.80. The third kappa shape index (κ3) is 2.38. The highest BCUT2D eigenvalue weighted by Gasteiger charge is 1.90. The average Bonchev–Trinajstić information content (AvgIpc) is 2.06. The molecule has 12 heavy (non-hydrogen) atoms. The first kappa shape index (κ1) is 8.78. The van der Waals surface area contributed by atoms with E-state index in [0.29, 0.717) is 0 Å². The van der Waals surface area contributed by atoms with Crippen LogP contribution in [0.3, 0.4) is 0 Å². The molecule has 0 aromatic carbocycles. The van der Waals surface area contributed by atoms with E-state index >= 15 is 0 Å². The lowest BCUT2D eigenvalue weighted by atomic mass is 10.2. The summed E-state index contributed by atoms with van der Waals surface area (Å²) in [5.74, 6) is 0.938. The monoisotopic (exact) mass is 162 g/mol. The van der Waals surface area contributed by atoms with Gasteiger partial charge >= 0.3 is 0 Å². The van der Waals surface area contributed by atoms with Crippen LogP contribution in [-0.4, -0.2) is 11.5 Å². The molecule has 0 spiro atoms. The first-order chi connectivity index (χ1) is 5.86. The summed E-state index contributed by atoms with van der Waals surface area (Å²) in [6, 6.07) is 4.02. The largest absolute Gasteiger partial charge is 0.370 e. The SMILES string of the molecule is C/C=C\c1ccnc(NCC)c1. The quantitative estimate of drug-likeness (QED) is 0.738. The Labute approximate surface area is 73.3 Å². The van der Waals surface area contributed by atoms with Crippen molar-refractivity contribution >= 4 is 11.9 Å². The summed E-state index contributed by atoms with van der Waals surface area (Å²) < 4.78 is 0. The fraction of sp³-hybridized carbons (Fsp3) is 0.300. The van der Waals surface area contributed by atoms with Crippen molar-refractivity contribution in [2.45, 2.75) is 13.8 Å². The van der Waals surface area contributed by atoms with Crippen LogP contribution in [0.2, 0.25) is 0 Å². The predicted octanol–water partition coefficient (Wildman–Crippen LogP) is 2.55. The van der Waals surface area contributed by atoms with Gasteiger partial charge in [0.1, 0.15) is 5.82 Å². The predicted molar refractivity (Wildman–Crippen MR) is 53.1 cm³/mol. The number of rotatable bonds is 3. The number of hydrogen-bond donors (Lipinski definition) is 1. The summed E-state index contributed by atoms with van der Waals surface area (Å²) in [5.41, 5.74) is 1.18. The van der Waals surface area contributed by atoms with E-state index in [9.17, 15) is 0 Å². The molecular formula is C10H14N2. The van der Waals surface area contributed by atoms with Gasteiger partial charge in [-0.25, -0.2) is 4.98 Å². The van der Waals surface area contributed by atoms with E-state index in [4.69, 9.17) is 0 Å². The Morgan fingerprint density at radius 2 is 2.42 bits per heavy atom. The van der Waals surface area contributed by atoms with Crippen molar-refractivity contribution in [3.05, 3.63) is 30.0 Å². The number of anilines is 1. The first-order valence-electron chi connectivity index (χ1n) is 4.19. The van der Waals surface area contributed by atoms with Crippen LogP contribution in [0.1, 0.15) is 19.4 Å². The molecule has 0 saturated heterocycles. The average molecular weight is 162 g/mol. The minimum Gasteiger partial charge on any atom is -0.370 e. The van der Waals surface area contributed by atoms with Gasteiger partial charge in [0, 0.05) is 12.7 Å². The Bertz CT molecular complexity index is 266. The Hall–Kier alpha value is -1.31. The highest BCUT2D eigenvalue weighted by Crippen LogP contribution is 2.07. The highest BCUT2D eigenvalue weighted by molar-refractivity contribution is 5.53. The van der Waals surface area contributed by atoms with Crippen molar-refractivity contribution < 1.29 is 0 Å². The number of pyridine rings is 1. The van der Waals surface area contributed by atoms with Crippen molar-refractivity contribution in [2.24, 2.45) is 0 Å². The van der Waals surface area contributed by atoms with Gasteiger partial charge < -0.3 is 5.32 Å². The van der Waals surface area contributed by atoms with Gasteiger partial charge in [0.05, 0.1) is 0 Å². The molecule has 0 aliphatic rings. The fourth-order valence-electron chi connectivity index (χ4n) is 1.02. The molecule has 0 atom stereocenters.